The summed E-state index contributed by atoms with van der Waals surface area (Å²) in [6.07, 6.45) is 5.55. The molecule has 200 valence electrons. The van der Waals surface area contributed by atoms with Crippen LogP contribution in [0.1, 0.15) is 62.5 Å². The second kappa shape index (κ2) is 13.9. The molecule has 8 nitrogen and oxygen atoms in total. The maximum Gasteiger partial charge on any atom is 0.306 e. The Hall–Kier alpha value is -3.46. The summed E-state index contributed by atoms with van der Waals surface area (Å²) in [5.74, 6) is -0.681. The number of rotatable bonds is 6. The highest BCUT2D eigenvalue weighted by Gasteiger charge is 2.28. The van der Waals surface area contributed by atoms with Crippen molar-refractivity contribution in [1.29, 1.82) is 10.5 Å². The summed E-state index contributed by atoms with van der Waals surface area (Å²) in [6, 6.07) is 13.9. The number of carboxylic acids is 2. The first-order valence-electron chi connectivity index (χ1n) is 12.4. The average molecular weight is 559 g/mol. The molecule has 0 aromatic heterocycles. The first-order valence-corrected chi connectivity index (χ1v) is 13.1. The summed E-state index contributed by atoms with van der Waals surface area (Å²) in [6.45, 7) is 0. The number of hydrogen-bond acceptors (Lipinski definition) is 6. The van der Waals surface area contributed by atoms with E-state index >= 15 is 0 Å². The molecule has 0 spiro atoms. The number of halogens is 2. The molecule has 2 aliphatic rings. The highest BCUT2D eigenvalue weighted by Crippen LogP contribution is 2.31. The quantitative estimate of drug-likeness (QED) is 0.410. The first kappa shape index (κ1) is 29.1. The van der Waals surface area contributed by atoms with Crippen molar-refractivity contribution in [3.63, 3.8) is 0 Å². The van der Waals surface area contributed by atoms with Crippen LogP contribution >= 0.6 is 23.2 Å². The van der Waals surface area contributed by atoms with Gasteiger partial charge in [-0.3, -0.25) is 9.59 Å². The van der Waals surface area contributed by atoms with Crippen LogP contribution < -0.4 is 9.47 Å². The van der Waals surface area contributed by atoms with Gasteiger partial charge in [-0.15, -0.1) is 0 Å². The lowest BCUT2D eigenvalue weighted by Gasteiger charge is -2.26. The summed E-state index contributed by atoms with van der Waals surface area (Å²) < 4.78 is 11.6. The van der Waals surface area contributed by atoms with Gasteiger partial charge in [0.25, 0.3) is 0 Å². The second-order valence-electron chi connectivity index (χ2n) is 9.37. The number of aliphatic carboxylic acids is 2. The van der Waals surface area contributed by atoms with Gasteiger partial charge in [0, 0.05) is 12.1 Å². The van der Waals surface area contributed by atoms with Gasteiger partial charge in [-0.1, -0.05) is 23.2 Å². The Morgan fingerprint density at radius 3 is 1.29 bits per heavy atom. The molecular weight excluding hydrogens is 531 g/mol. The Kier molecular flexibility index (Phi) is 10.6. The van der Waals surface area contributed by atoms with Crippen molar-refractivity contribution in [2.24, 2.45) is 11.8 Å². The van der Waals surface area contributed by atoms with Crippen LogP contribution in [0.15, 0.2) is 36.4 Å². The molecule has 0 radical (unpaired) electrons. The van der Waals surface area contributed by atoms with Crippen LogP contribution in [0.25, 0.3) is 0 Å². The van der Waals surface area contributed by atoms with E-state index in [1.54, 1.807) is 36.4 Å². The van der Waals surface area contributed by atoms with Crippen LogP contribution in [0, 0.1) is 34.5 Å². The van der Waals surface area contributed by atoms with E-state index in [0.717, 1.165) is 25.7 Å². The van der Waals surface area contributed by atoms with E-state index in [4.69, 9.17) is 53.4 Å². The van der Waals surface area contributed by atoms with Gasteiger partial charge in [-0.25, -0.2) is 0 Å². The molecular formula is C28H28Cl2N2O6. The maximum atomic E-state index is 10.8. The molecule has 38 heavy (non-hydrogen) atoms. The maximum absolute atomic E-state index is 10.8. The van der Waals surface area contributed by atoms with Crippen molar-refractivity contribution < 1.29 is 29.3 Å². The lowest BCUT2D eigenvalue weighted by atomic mass is 9.87. The summed E-state index contributed by atoms with van der Waals surface area (Å²) in [7, 11) is 0. The van der Waals surface area contributed by atoms with Crippen molar-refractivity contribution >= 4 is 35.1 Å². The van der Waals surface area contributed by atoms with E-state index in [2.05, 4.69) is 0 Å². The van der Waals surface area contributed by atoms with E-state index in [1.807, 2.05) is 12.1 Å². The van der Waals surface area contributed by atoms with E-state index in [9.17, 15) is 9.59 Å². The molecule has 10 heteroatoms. The monoisotopic (exact) mass is 558 g/mol. The molecule has 0 atom stereocenters. The zero-order valence-electron chi connectivity index (χ0n) is 20.6. The standard InChI is InChI=1S/2C14H14ClNO3/c2*15-13-7-12(6-3-10(13)8-16)19-11-4-1-9(2-5-11)14(17)18/h2*3,6-7,9,11H,1-2,4-5H2,(H,17,18). The van der Waals surface area contributed by atoms with E-state index in [-0.39, 0.29) is 24.0 Å². The highest BCUT2D eigenvalue weighted by atomic mass is 35.5. The van der Waals surface area contributed by atoms with E-state index < -0.39 is 11.9 Å². The van der Waals surface area contributed by atoms with Crippen molar-refractivity contribution in [3.8, 4) is 23.6 Å². The van der Waals surface area contributed by atoms with Crippen LogP contribution in [0.2, 0.25) is 10.0 Å². The fraction of sp³-hybridized carbons (Fsp3) is 0.429. The topological polar surface area (TPSA) is 141 Å². The fourth-order valence-corrected chi connectivity index (χ4v) is 4.99. The third-order valence-corrected chi connectivity index (χ3v) is 7.40. The summed E-state index contributed by atoms with van der Waals surface area (Å²) in [4.78, 5) is 21.7. The average Bonchev–Trinajstić information content (AvgIpc) is 2.90. The molecule has 0 aliphatic heterocycles. The molecule has 4 rings (SSSR count). The van der Waals surface area contributed by atoms with Crippen molar-refractivity contribution in [2.45, 2.75) is 63.6 Å². The number of nitriles is 2. The molecule has 0 unspecified atom stereocenters. The predicted octanol–water partition coefficient (Wildman–Crippen LogP) is 6.47. The van der Waals surface area contributed by atoms with Crippen LogP contribution in [-0.4, -0.2) is 34.4 Å². The SMILES string of the molecule is N#Cc1ccc(OC2CCC(C(=O)O)CC2)cc1Cl.N#Cc1ccc(OC2CCC(C(=O)O)CC2)cc1Cl. The smallest absolute Gasteiger partial charge is 0.306 e. The minimum absolute atomic E-state index is 0.0274. The molecule has 2 fully saturated rings. The van der Waals surface area contributed by atoms with Crippen LogP contribution in [0.5, 0.6) is 11.5 Å². The zero-order chi connectivity index (χ0) is 27.7. The van der Waals surface area contributed by atoms with Crippen LogP contribution in [0.3, 0.4) is 0 Å². The third-order valence-electron chi connectivity index (χ3n) is 6.77. The molecule has 2 saturated carbocycles. The van der Waals surface area contributed by atoms with Gasteiger partial charge in [0.1, 0.15) is 23.6 Å². The predicted molar refractivity (Wildman–Crippen MR) is 140 cm³/mol. The molecule has 0 heterocycles. The number of benzene rings is 2. The van der Waals surface area contributed by atoms with Gasteiger partial charge >= 0.3 is 11.9 Å². The van der Waals surface area contributed by atoms with Gasteiger partial charge in [-0.05, 0) is 75.6 Å². The minimum atomic E-state index is -0.722. The van der Waals surface area contributed by atoms with Crippen molar-refractivity contribution in [1.82, 2.24) is 0 Å². The Morgan fingerprint density at radius 2 is 1.03 bits per heavy atom. The number of ether oxygens (including phenoxy) is 2. The molecule has 2 N–H and O–H groups in total. The molecule has 2 aliphatic carbocycles. The molecule has 0 bridgehead atoms. The van der Waals surface area contributed by atoms with Gasteiger partial charge in [-0.2, -0.15) is 10.5 Å². The summed E-state index contributed by atoms with van der Waals surface area (Å²) >= 11 is 11.9. The van der Waals surface area contributed by atoms with Gasteiger partial charge in [0.15, 0.2) is 0 Å². The minimum Gasteiger partial charge on any atom is -0.490 e. The normalized spacial score (nSPS) is 22.5. The van der Waals surface area contributed by atoms with Gasteiger partial charge < -0.3 is 19.7 Å². The Balaban J connectivity index is 0.000000211. The van der Waals surface area contributed by atoms with Gasteiger partial charge in [0.05, 0.1) is 45.2 Å². The Morgan fingerprint density at radius 1 is 0.684 bits per heavy atom. The highest BCUT2D eigenvalue weighted by molar-refractivity contribution is 6.32. The first-order chi connectivity index (χ1) is 18.2. The molecule has 2 aromatic rings. The number of nitrogens with zero attached hydrogens (tertiary/aromatic N) is 2. The lowest BCUT2D eigenvalue weighted by Crippen LogP contribution is -2.27. The van der Waals surface area contributed by atoms with Crippen LogP contribution in [-0.2, 0) is 9.59 Å². The van der Waals surface area contributed by atoms with E-state index in [0.29, 0.717) is 58.4 Å². The number of hydrogen-bond donors (Lipinski definition) is 2. The fourth-order valence-electron chi connectivity index (χ4n) is 4.56. The molecule has 0 amide bonds. The second-order valence-corrected chi connectivity index (χ2v) is 10.2. The van der Waals surface area contributed by atoms with E-state index in [1.165, 1.54) is 0 Å². The number of carboxylic acid groups (broad SMARTS) is 2. The third kappa shape index (κ3) is 8.28. The Bertz CT molecular complexity index is 1130. The summed E-state index contributed by atoms with van der Waals surface area (Å²) in [5, 5.41) is 36.1. The van der Waals surface area contributed by atoms with Gasteiger partial charge in [0.2, 0.25) is 0 Å². The van der Waals surface area contributed by atoms with Crippen molar-refractivity contribution in [2.75, 3.05) is 0 Å². The number of carbonyl (C=O) groups is 2. The molecule has 2 aromatic carbocycles. The zero-order valence-corrected chi connectivity index (χ0v) is 22.1. The summed E-state index contributed by atoms with van der Waals surface area (Å²) in [5.41, 5.74) is 0.840. The van der Waals surface area contributed by atoms with Crippen molar-refractivity contribution in [3.05, 3.63) is 57.6 Å². The van der Waals surface area contributed by atoms with Crippen LogP contribution in [0.4, 0.5) is 0 Å². The molecule has 0 saturated heterocycles. The largest absolute Gasteiger partial charge is 0.490 e. The lowest BCUT2D eigenvalue weighted by molar-refractivity contribution is -0.144. The Labute approximate surface area is 231 Å².